The van der Waals surface area contributed by atoms with Crippen molar-refractivity contribution < 1.29 is 18.3 Å². The van der Waals surface area contributed by atoms with Gasteiger partial charge in [0, 0.05) is 6.61 Å². The Labute approximate surface area is 144 Å². The Hall–Kier alpha value is -1.03. The highest BCUT2D eigenvalue weighted by Gasteiger charge is 2.32. The summed E-state index contributed by atoms with van der Waals surface area (Å²) in [5.74, 6) is 0. The van der Waals surface area contributed by atoms with E-state index in [0.29, 0.717) is 6.42 Å². The number of aliphatic hydroxyl groups excluding tert-OH is 1. The molecule has 1 N–H and O–H groups in total. The number of hydrogen-bond donors (Lipinski definition) is 1. The van der Waals surface area contributed by atoms with Gasteiger partial charge in [0.1, 0.15) is 0 Å². The van der Waals surface area contributed by atoms with Crippen molar-refractivity contribution in [3.05, 3.63) is 34.9 Å². The highest BCUT2D eigenvalue weighted by atomic mass is 19.4. The smallest absolute Gasteiger partial charge is 0.396 e. The van der Waals surface area contributed by atoms with E-state index < -0.39 is 11.7 Å². The van der Waals surface area contributed by atoms with E-state index in [4.69, 9.17) is 5.11 Å². The van der Waals surface area contributed by atoms with Gasteiger partial charge in [-0.25, -0.2) is 0 Å². The molecule has 1 unspecified atom stereocenters. The van der Waals surface area contributed by atoms with E-state index in [1.165, 1.54) is 13.0 Å². The van der Waals surface area contributed by atoms with Crippen LogP contribution in [0, 0.1) is 12.3 Å². The molecule has 0 saturated carbocycles. The first-order valence-corrected chi connectivity index (χ1v) is 8.99. The number of halogens is 3. The molecule has 0 fully saturated rings. The molecule has 1 atom stereocenters. The Bertz CT molecular complexity index is 486. The van der Waals surface area contributed by atoms with E-state index in [1.807, 2.05) is 6.07 Å². The molecule has 0 aliphatic rings. The Morgan fingerprint density at radius 3 is 2.21 bits per heavy atom. The van der Waals surface area contributed by atoms with Crippen LogP contribution in [0.15, 0.2) is 18.2 Å². The quantitative estimate of drug-likeness (QED) is 0.527. The zero-order chi connectivity index (χ0) is 18.2. The summed E-state index contributed by atoms with van der Waals surface area (Å²) >= 11 is 0. The minimum atomic E-state index is -4.28. The lowest BCUT2D eigenvalue weighted by Gasteiger charge is -2.30. The van der Waals surface area contributed by atoms with Crippen LogP contribution in [0.5, 0.6) is 0 Å². The van der Waals surface area contributed by atoms with Crippen molar-refractivity contribution in [2.75, 3.05) is 6.61 Å². The highest BCUT2D eigenvalue weighted by Crippen LogP contribution is 2.36. The second-order valence-electron chi connectivity index (χ2n) is 7.24. The fourth-order valence-corrected chi connectivity index (χ4v) is 3.33. The van der Waals surface area contributed by atoms with Crippen molar-refractivity contribution >= 4 is 0 Å². The average molecular weight is 344 g/mol. The third kappa shape index (κ3) is 6.84. The van der Waals surface area contributed by atoms with Crippen LogP contribution in [0.3, 0.4) is 0 Å². The van der Waals surface area contributed by atoms with Crippen molar-refractivity contribution in [3.63, 3.8) is 0 Å². The van der Waals surface area contributed by atoms with E-state index in [2.05, 4.69) is 13.8 Å². The minimum absolute atomic E-state index is 0.177. The molecule has 0 spiro atoms. The summed E-state index contributed by atoms with van der Waals surface area (Å²) in [4.78, 5) is 0. The van der Waals surface area contributed by atoms with Crippen molar-refractivity contribution in [2.24, 2.45) is 5.41 Å². The summed E-state index contributed by atoms with van der Waals surface area (Å²) in [6.45, 7) is 6.12. The fourth-order valence-electron chi connectivity index (χ4n) is 3.33. The van der Waals surface area contributed by atoms with Gasteiger partial charge >= 0.3 is 6.18 Å². The van der Waals surface area contributed by atoms with Crippen LogP contribution in [-0.2, 0) is 12.6 Å². The number of aliphatic hydroxyl groups is 1. The largest absolute Gasteiger partial charge is 0.416 e. The molecule has 0 aliphatic heterocycles. The standard InChI is InChI=1S/C20H31F3O/c1-4-5-11-19(3,13-7-14-24)12-6-8-17-10-9-16(2)18(15-17)20(21,22)23/h9-10,15,24H,4-8,11-14H2,1-3H3. The minimum Gasteiger partial charge on any atom is -0.396 e. The first-order chi connectivity index (χ1) is 11.2. The van der Waals surface area contributed by atoms with Crippen molar-refractivity contribution in [2.45, 2.75) is 78.3 Å². The molecular formula is C20H31F3O. The normalized spacial score (nSPS) is 14.6. The van der Waals surface area contributed by atoms with E-state index in [1.54, 1.807) is 6.07 Å². The van der Waals surface area contributed by atoms with Gasteiger partial charge in [-0.3, -0.25) is 0 Å². The molecule has 1 aromatic rings. The molecule has 1 aromatic carbocycles. The SMILES string of the molecule is CCCCC(C)(CCCO)CCCc1ccc(C)c(C(F)(F)F)c1. The lowest BCUT2D eigenvalue weighted by atomic mass is 9.76. The van der Waals surface area contributed by atoms with Gasteiger partial charge in [0.15, 0.2) is 0 Å². The van der Waals surface area contributed by atoms with E-state index >= 15 is 0 Å². The molecule has 138 valence electrons. The van der Waals surface area contributed by atoms with Crippen LogP contribution in [0.4, 0.5) is 13.2 Å². The first kappa shape index (κ1) is 21.0. The molecular weight excluding hydrogens is 313 g/mol. The highest BCUT2D eigenvalue weighted by molar-refractivity contribution is 5.33. The molecule has 24 heavy (non-hydrogen) atoms. The number of alkyl halides is 3. The maximum Gasteiger partial charge on any atom is 0.416 e. The van der Waals surface area contributed by atoms with Crippen molar-refractivity contribution in [3.8, 4) is 0 Å². The van der Waals surface area contributed by atoms with Gasteiger partial charge < -0.3 is 5.11 Å². The summed E-state index contributed by atoms with van der Waals surface area (Å²) in [6.07, 6.45) is 3.45. The van der Waals surface area contributed by atoms with E-state index in [9.17, 15) is 13.2 Å². The Morgan fingerprint density at radius 1 is 1.00 bits per heavy atom. The Balaban J connectivity index is 2.67. The number of rotatable bonds is 10. The second kappa shape index (κ2) is 9.45. The second-order valence-corrected chi connectivity index (χ2v) is 7.24. The van der Waals surface area contributed by atoms with Gasteiger partial charge in [-0.1, -0.05) is 38.8 Å². The zero-order valence-electron chi connectivity index (χ0n) is 15.2. The molecule has 4 heteroatoms. The van der Waals surface area contributed by atoms with Gasteiger partial charge in [0.05, 0.1) is 5.56 Å². The summed E-state index contributed by atoms with van der Waals surface area (Å²) in [5, 5.41) is 9.08. The maximum absolute atomic E-state index is 13.0. The lowest BCUT2D eigenvalue weighted by molar-refractivity contribution is -0.138. The predicted octanol–water partition coefficient (Wildman–Crippen LogP) is 6.31. The third-order valence-electron chi connectivity index (χ3n) is 4.93. The van der Waals surface area contributed by atoms with Crippen LogP contribution < -0.4 is 0 Å². The molecule has 0 saturated heterocycles. The van der Waals surface area contributed by atoms with Crippen LogP contribution in [0.1, 0.15) is 75.5 Å². The van der Waals surface area contributed by atoms with E-state index in [0.717, 1.165) is 50.5 Å². The molecule has 1 nitrogen and oxygen atoms in total. The van der Waals surface area contributed by atoms with Crippen LogP contribution in [0.25, 0.3) is 0 Å². The van der Waals surface area contributed by atoms with Crippen molar-refractivity contribution in [1.29, 1.82) is 0 Å². The molecule has 0 aromatic heterocycles. The van der Waals surface area contributed by atoms with Crippen LogP contribution in [0.2, 0.25) is 0 Å². The Kier molecular flexibility index (Phi) is 8.28. The average Bonchev–Trinajstić information content (AvgIpc) is 2.52. The first-order valence-electron chi connectivity index (χ1n) is 8.99. The molecule has 0 bridgehead atoms. The maximum atomic E-state index is 13.0. The molecule has 0 aliphatic carbocycles. The zero-order valence-corrected chi connectivity index (χ0v) is 15.2. The van der Waals surface area contributed by atoms with Gasteiger partial charge in [-0.05, 0) is 68.1 Å². The van der Waals surface area contributed by atoms with Crippen LogP contribution >= 0.6 is 0 Å². The lowest BCUT2D eigenvalue weighted by Crippen LogP contribution is -2.17. The number of unbranched alkanes of at least 4 members (excludes halogenated alkanes) is 1. The summed E-state index contributed by atoms with van der Waals surface area (Å²) in [5.41, 5.74) is 0.694. The van der Waals surface area contributed by atoms with Gasteiger partial charge in [-0.15, -0.1) is 0 Å². The van der Waals surface area contributed by atoms with Gasteiger partial charge in [0.2, 0.25) is 0 Å². The molecule has 0 heterocycles. The molecule has 0 amide bonds. The summed E-state index contributed by atoms with van der Waals surface area (Å²) in [6, 6.07) is 4.67. The van der Waals surface area contributed by atoms with E-state index in [-0.39, 0.29) is 17.6 Å². The predicted molar refractivity (Wildman–Crippen MR) is 93.1 cm³/mol. The molecule has 0 radical (unpaired) electrons. The monoisotopic (exact) mass is 344 g/mol. The topological polar surface area (TPSA) is 20.2 Å². The summed E-state index contributed by atoms with van der Waals surface area (Å²) < 4.78 is 39.0. The van der Waals surface area contributed by atoms with Gasteiger partial charge in [0.25, 0.3) is 0 Å². The van der Waals surface area contributed by atoms with Crippen molar-refractivity contribution in [1.82, 2.24) is 0 Å². The molecule has 1 rings (SSSR count). The Morgan fingerprint density at radius 2 is 1.62 bits per heavy atom. The summed E-state index contributed by atoms with van der Waals surface area (Å²) in [7, 11) is 0. The fraction of sp³-hybridized carbons (Fsp3) is 0.700. The number of hydrogen-bond acceptors (Lipinski definition) is 1. The van der Waals surface area contributed by atoms with Crippen LogP contribution in [-0.4, -0.2) is 11.7 Å². The third-order valence-corrected chi connectivity index (χ3v) is 4.93. The number of aryl methyl sites for hydroxylation is 2. The number of benzene rings is 1. The van der Waals surface area contributed by atoms with Gasteiger partial charge in [-0.2, -0.15) is 13.2 Å².